The van der Waals surface area contributed by atoms with Gasteiger partial charge < -0.3 is 31.5 Å². The molecule has 7 N–H and O–H groups in total. The van der Waals surface area contributed by atoms with Gasteiger partial charge in [0.25, 0.3) is 5.91 Å². The number of hydrogen-bond acceptors (Lipinski definition) is 6. The predicted octanol–water partition coefficient (Wildman–Crippen LogP) is 3.27. The van der Waals surface area contributed by atoms with E-state index in [2.05, 4.69) is 31.5 Å². The van der Waals surface area contributed by atoms with Crippen molar-refractivity contribution in [3.63, 3.8) is 0 Å². The lowest BCUT2D eigenvalue weighted by molar-refractivity contribution is -0.139. The summed E-state index contributed by atoms with van der Waals surface area (Å²) in [5.41, 5.74) is 3.16. The summed E-state index contributed by atoms with van der Waals surface area (Å²) < 4.78 is 0. The number of fused-ring (bicyclic) bond motifs is 2. The highest BCUT2D eigenvalue weighted by atomic mass is 35.5. The summed E-state index contributed by atoms with van der Waals surface area (Å²) in [6, 6.07) is 13.4. The smallest absolute Gasteiger partial charge is 0.328 e. The first-order valence-corrected chi connectivity index (χ1v) is 13.5. The lowest BCUT2D eigenvalue weighted by atomic mass is 10.1. The van der Waals surface area contributed by atoms with Crippen LogP contribution < -0.4 is 21.3 Å². The number of aromatic amines is 1. The molecule has 0 fully saturated rings. The number of amides is 4. The molecular weight excluding hydrogens is 564 g/mol. The summed E-state index contributed by atoms with van der Waals surface area (Å²) in [7, 11) is 0. The zero-order valence-electron chi connectivity index (χ0n) is 22.1. The Morgan fingerprint density at radius 1 is 1.10 bits per heavy atom. The van der Waals surface area contributed by atoms with Crippen LogP contribution in [0.4, 0.5) is 10.5 Å². The van der Waals surface area contributed by atoms with E-state index in [1.54, 1.807) is 24.4 Å². The number of rotatable bonds is 9. The van der Waals surface area contributed by atoms with Gasteiger partial charge in [-0.25, -0.2) is 9.59 Å². The number of benzene rings is 3. The maximum Gasteiger partial charge on any atom is 0.328 e. The second kappa shape index (κ2) is 12.2. The zero-order valence-corrected chi connectivity index (χ0v) is 22.9. The van der Waals surface area contributed by atoms with Gasteiger partial charge in [0.2, 0.25) is 5.91 Å². The van der Waals surface area contributed by atoms with E-state index < -0.39 is 47.7 Å². The van der Waals surface area contributed by atoms with Crippen LogP contribution in [0.5, 0.6) is 5.75 Å². The Hall–Kier alpha value is -5.10. The molecule has 1 aliphatic carbocycles. The minimum atomic E-state index is -1.54. The Balaban J connectivity index is 1.20. The molecule has 5 rings (SSSR count). The number of carbonyl (C=O) groups excluding carboxylic acids is 3. The number of phenolic OH excluding ortho intramolecular Hbond substituents is 1. The predicted molar refractivity (Wildman–Crippen MR) is 154 cm³/mol. The second-order valence-electron chi connectivity index (χ2n) is 9.84. The monoisotopic (exact) mass is 590 g/mol. The topological polar surface area (TPSA) is 186 Å². The number of aryl methyl sites for hydroxylation is 1. The van der Waals surface area contributed by atoms with Crippen LogP contribution >= 0.6 is 11.6 Å². The van der Waals surface area contributed by atoms with Gasteiger partial charge in [0.1, 0.15) is 11.6 Å². The van der Waals surface area contributed by atoms with E-state index in [0.717, 1.165) is 34.9 Å². The van der Waals surface area contributed by atoms with Crippen molar-refractivity contribution in [3.8, 4) is 5.75 Å². The van der Waals surface area contributed by atoms with Crippen LogP contribution in [0.3, 0.4) is 0 Å². The number of urea groups is 1. The number of aromatic nitrogens is 2. The number of hydrogen-bond donors (Lipinski definition) is 7. The molecule has 4 amide bonds. The molecule has 1 aromatic heterocycles. The van der Waals surface area contributed by atoms with Gasteiger partial charge in [-0.2, -0.15) is 5.10 Å². The van der Waals surface area contributed by atoms with Crippen molar-refractivity contribution in [1.29, 1.82) is 0 Å². The summed E-state index contributed by atoms with van der Waals surface area (Å²) >= 11 is 6.16. The number of nitrogens with one attached hydrogen (secondary N) is 5. The van der Waals surface area contributed by atoms with Crippen LogP contribution in [0.25, 0.3) is 10.9 Å². The number of nitrogens with zero attached hydrogens (tertiary/aromatic N) is 1. The third kappa shape index (κ3) is 6.28. The van der Waals surface area contributed by atoms with Crippen LogP contribution in [0, 0.1) is 0 Å². The molecule has 1 heterocycles. The molecule has 13 heteroatoms. The third-order valence-electron chi connectivity index (χ3n) is 7.01. The Morgan fingerprint density at radius 2 is 1.90 bits per heavy atom. The number of H-pyrrole nitrogens is 1. The number of halogens is 1. The third-order valence-corrected chi connectivity index (χ3v) is 7.32. The van der Waals surface area contributed by atoms with Crippen molar-refractivity contribution in [1.82, 2.24) is 26.1 Å². The Labute approximate surface area is 244 Å². The van der Waals surface area contributed by atoms with Gasteiger partial charge >= 0.3 is 12.0 Å². The Kier molecular flexibility index (Phi) is 8.25. The molecule has 42 heavy (non-hydrogen) atoms. The highest BCUT2D eigenvalue weighted by Gasteiger charge is 2.27. The average Bonchev–Trinajstić information content (AvgIpc) is 3.59. The molecule has 0 radical (unpaired) electrons. The van der Waals surface area contributed by atoms with Gasteiger partial charge in [-0.15, -0.1) is 0 Å². The molecule has 4 aromatic rings. The highest BCUT2D eigenvalue weighted by Crippen LogP contribution is 2.34. The van der Waals surface area contributed by atoms with E-state index in [0.29, 0.717) is 5.56 Å². The Morgan fingerprint density at radius 3 is 2.71 bits per heavy atom. The van der Waals surface area contributed by atoms with Crippen molar-refractivity contribution in [2.24, 2.45) is 0 Å². The maximum atomic E-state index is 13.0. The van der Waals surface area contributed by atoms with Gasteiger partial charge in [-0.05, 0) is 53.8 Å². The summed E-state index contributed by atoms with van der Waals surface area (Å²) in [6.45, 7) is -0.433. The van der Waals surface area contributed by atoms with Gasteiger partial charge in [0.05, 0.1) is 41.4 Å². The fraction of sp³-hybridized carbons (Fsp3) is 0.207. The molecule has 216 valence electrons. The number of carboxylic acids is 1. The largest absolute Gasteiger partial charge is 0.505 e. The molecule has 0 saturated heterocycles. The van der Waals surface area contributed by atoms with E-state index in [1.165, 1.54) is 12.1 Å². The number of aromatic hydroxyl groups is 1. The molecule has 12 nitrogen and oxygen atoms in total. The van der Waals surface area contributed by atoms with Crippen molar-refractivity contribution in [2.75, 3.05) is 11.9 Å². The number of carbonyl (C=O) groups is 4. The first-order chi connectivity index (χ1) is 20.2. The molecule has 0 saturated carbocycles. The summed E-state index contributed by atoms with van der Waals surface area (Å²) in [5.74, 6) is -3.51. The zero-order chi connectivity index (χ0) is 29.8. The summed E-state index contributed by atoms with van der Waals surface area (Å²) in [5, 5.41) is 38.0. The normalized spacial score (nSPS) is 14.5. The fourth-order valence-electron chi connectivity index (χ4n) is 4.91. The van der Waals surface area contributed by atoms with Crippen molar-refractivity contribution >= 4 is 52.0 Å². The molecular formula is C29H27ClN6O6. The van der Waals surface area contributed by atoms with E-state index in [9.17, 15) is 29.4 Å². The standard InChI is InChI=1S/C29H27ClN6O6/c30-19-7-10-22(33-24(37)12-15-5-8-20-17(11-15)13-32-36-20)26(38)25(19)27(39)34-23(28(40)41)14-31-29(42)35-21-9-6-16-3-1-2-4-18(16)21/h1-5,7-8,10-11,13,21,23,38H,6,9,12,14H2,(H,32,36)(H,33,37)(H,34,39)(H,40,41)(H2,31,35,42)/t21-,23+/m1/s1. The van der Waals surface area contributed by atoms with Crippen molar-refractivity contribution in [3.05, 3.63) is 88.1 Å². The maximum absolute atomic E-state index is 13.0. The lowest BCUT2D eigenvalue weighted by Gasteiger charge is -2.19. The van der Waals surface area contributed by atoms with E-state index in [-0.39, 0.29) is 23.2 Å². The quantitative estimate of drug-likeness (QED) is 0.146. The Bertz CT molecular complexity index is 1690. The van der Waals surface area contributed by atoms with Crippen molar-refractivity contribution < 1.29 is 29.4 Å². The molecule has 3 aromatic carbocycles. The minimum Gasteiger partial charge on any atom is -0.505 e. The van der Waals surface area contributed by atoms with Gasteiger partial charge in [-0.1, -0.05) is 41.9 Å². The van der Waals surface area contributed by atoms with Crippen LogP contribution in [-0.4, -0.2) is 56.8 Å². The average molecular weight is 591 g/mol. The minimum absolute atomic E-state index is 0.0218. The fourth-order valence-corrected chi connectivity index (χ4v) is 5.15. The molecule has 2 atom stereocenters. The van der Waals surface area contributed by atoms with Gasteiger partial charge in [0.15, 0.2) is 5.75 Å². The summed E-state index contributed by atoms with van der Waals surface area (Å²) in [4.78, 5) is 50.1. The van der Waals surface area contributed by atoms with E-state index >= 15 is 0 Å². The number of phenols is 1. The number of anilines is 1. The van der Waals surface area contributed by atoms with Crippen LogP contribution in [0.2, 0.25) is 5.02 Å². The second-order valence-corrected chi connectivity index (χ2v) is 10.3. The van der Waals surface area contributed by atoms with Crippen LogP contribution in [0.1, 0.15) is 39.5 Å². The summed E-state index contributed by atoms with van der Waals surface area (Å²) in [6.07, 6.45) is 3.15. The SMILES string of the molecule is O=C(Cc1ccc2[nH]ncc2c1)Nc1ccc(Cl)c(C(=O)N[C@@H](CNC(=O)N[C@@H]2CCc3ccccc32)C(=O)O)c1O. The molecule has 0 unspecified atom stereocenters. The van der Waals surface area contributed by atoms with E-state index in [4.69, 9.17) is 11.6 Å². The van der Waals surface area contributed by atoms with Gasteiger partial charge in [0, 0.05) is 5.39 Å². The first-order valence-electron chi connectivity index (χ1n) is 13.1. The lowest BCUT2D eigenvalue weighted by Crippen LogP contribution is -2.50. The number of carboxylic acid groups (broad SMARTS) is 1. The highest BCUT2D eigenvalue weighted by molar-refractivity contribution is 6.34. The van der Waals surface area contributed by atoms with Crippen LogP contribution in [0.15, 0.2) is 60.8 Å². The molecule has 0 spiro atoms. The molecule has 0 bridgehead atoms. The van der Waals surface area contributed by atoms with Gasteiger partial charge in [-0.3, -0.25) is 14.7 Å². The first kappa shape index (κ1) is 28.4. The molecule has 1 aliphatic rings. The molecule has 0 aliphatic heterocycles. The van der Waals surface area contributed by atoms with E-state index in [1.807, 2.05) is 24.3 Å². The van der Waals surface area contributed by atoms with Crippen LogP contribution in [-0.2, 0) is 22.4 Å². The van der Waals surface area contributed by atoms with Crippen molar-refractivity contribution in [2.45, 2.75) is 31.3 Å². The number of aliphatic carboxylic acids is 1.